The number of nitrogens with one attached hydrogen (secondary N) is 1. The number of hydrogen-bond acceptors (Lipinski definition) is 1. The van der Waals surface area contributed by atoms with Gasteiger partial charge in [0, 0.05) is 15.3 Å². The van der Waals surface area contributed by atoms with Crippen molar-refractivity contribution in [3.63, 3.8) is 0 Å². The molecule has 0 aliphatic heterocycles. The van der Waals surface area contributed by atoms with E-state index in [4.69, 9.17) is 0 Å². The van der Waals surface area contributed by atoms with E-state index in [1.54, 1.807) is 0 Å². The summed E-state index contributed by atoms with van der Waals surface area (Å²) in [7, 11) is 0. The topological polar surface area (TPSA) is 29.1 Å². The Morgan fingerprint density at radius 3 is 2.39 bits per heavy atom. The smallest absolute Gasteiger partial charge is 0.252 e. The van der Waals surface area contributed by atoms with Crippen LogP contribution in [0.4, 0.5) is 0 Å². The highest BCUT2D eigenvalue weighted by Gasteiger charge is 2.27. The third kappa shape index (κ3) is 3.58. The van der Waals surface area contributed by atoms with Crippen molar-refractivity contribution in [3.05, 3.63) is 33.8 Å². The van der Waals surface area contributed by atoms with Gasteiger partial charge in [0.05, 0.1) is 5.56 Å². The standard InChI is InChI=1S/C14H19Br2NO/c1-4-14(5-2,9-15)17-13(18)11-7-6-10(3)8-12(11)16/h6-8H,4-5,9H2,1-3H3,(H,17,18). The van der Waals surface area contributed by atoms with Crippen LogP contribution in [0.3, 0.4) is 0 Å². The van der Waals surface area contributed by atoms with Crippen molar-refractivity contribution in [2.24, 2.45) is 0 Å². The van der Waals surface area contributed by atoms with Crippen LogP contribution in [0.2, 0.25) is 0 Å². The van der Waals surface area contributed by atoms with Crippen molar-refractivity contribution in [1.82, 2.24) is 5.32 Å². The molecular weight excluding hydrogens is 358 g/mol. The fourth-order valence-electron chi connectivity index (χ4n) is 1.76. The molecule has 4 heteroatoms. The summed E-state index contributed by atoms with van der Waals surface area (Å²) in [6.45, 7) is 6.19. The van der Waals surface area contributed by atoms with E-state index in [9.17, 15) is 4.79 Å². The maximum absolute atomic E-state index is 12.3. The maximum Gasteiger partial charge on any atom is 0.252 e. The van der Waals surface area contributed by atoms with Crippen LogP contribution in [0, 0.1) is 6.92 Å². The third-order valence-corrected chi connectivity index (χ3v) is 5.09. The number of hydrogen-bond donors (Lipinski definition) is 1. The van der Waals surface area contributed by atoms with Crippen LogP contribution in [0.1, 0.15) is 42.6 Å². The van der Waals surface area contributed by atoms with Gasteiger partial charge in [-0.2, -0.15) is 0 Å². The van der Waals surface area contributed by atoms with E-state index in [-0.39, 0.29) is 11.4 Å². The predicted octanol–water partition coefficient (Wildman–Crippen LogP) is 4.44. The molecule has 1 N–H and O–H groups in total. The lowest BCUT2D eigenvalue weighted by atomic mass is 9.95. The molecule has 0 bridgehead atoms. The molecule has 0 unspecified atom stereocenters. The van der Waals surface area contributed by atoms with Crippen molar-refractivity contribution < 1.29 is 4.79 Å². The first-order chi connectivity index (χ1) is 8.48. The first kappa shape index (κ1) is 15.7. The SMILES string of the molecule is CCC(CC)(CBr)NC(=O)c1ccc(C)cc1Br. The molecule has 1 rings (SSSR count). The molecular formula is C14H19Br2NO. The number of alkyl halides is 1. The first-order valence-electron chi connectivity index (χ1n) is 6.12. The number of aryl methyl sites for hydroxylation is 1. The van der Waals surface area contributed by atoms with Crippen LogP contribution in [0.25, 0.3) is 0 Å². The zero-order valence-electron chi connectivity index (χ0n) is 11.0. The molecule has 0 aromatic heterocycles. The summed E-state index contributed by atoms with van der Waals surface area (Å²) in [6, 6.07) is 5.77. The minimum absolute atomic E-state index is 0.0231. The van der Waals surface area contributed by atoms with Gasteiger partial charge in [-0.25, -0.2) is 0 Å². The molecule has 0 spiro atoms. The Morgan fingerprint density at radius 1 is 1.33 bits per heavy atom. The number of carbonyl (C=O) groups excluding carboxylic acids is 1. The lowest BCUT2D eigenvalue weighted by Crippen LogP contribution is -2.49. The fourth-order valence-corrected chi connectivity index (χ4v) is 3.37. The molecule has 0 aliphatic carbocycles. The van der Waals surface area contributed by atoms with Gasteiger partial charge in [-0.1, -0.05) is 35.8 Å². The quantitative estimate of drug-likeness (QED) is 0.756. The number of rotatable bonds is 5. The first-order valence-corrected chi connectivity index (χ1v) is 8.04. The van der Waals surface area contributed by atoms with Crippen LogP contribution >= 0.6 is 31.9 Å². The number of amides is 1. The summed E-state index contributed by atoms with van der Waals surface area (Å²) < 4.78 is 0.843. The average Bonchev–Trinajstić information content (AvgIpc) is 2.36. The van der Waals surface area contributed by atoms with Gasteiger partial charge in [0.15, 0.2) is 0 Å². The van der Waals surface area contributed by atoms with Gasteiger partial charge in [-0.05, 0) is 53.4 Å². The zero-order chi connectivity index (χ0) is 13.8. The highest BCUT2D eigenvalue weighted by molar-refractivity contribution is 9.10. The van der Waals surface area contributed by atoms with Crippen molar-refractivity contribution in [1.29, 1.82) is 0 Å². The fraction of sp³-hybridized carbons (Fsp3) is 0.500. The molecule has 0 aliphatic rings. The third-order valence-electron chi connectivity index (χ3n) is 3.36. The Morgan fingerprint density at radius 2 is 1.94 bits per heavy atom. The van der Waals surface area contributed by atoms with Crippen LogP contribution in [-0.2, 0) is 0 Å². The molecule has 0 atom stereocenters. The average molecular weight is 377 g/mol. The highest BCUT2D eigenvalue weighted by atomic mass is 79.9. The Balaban J connectivity index is 2.94. The van der Waals surface area contributed by atoms with Gasteiger partial charge < -0.3 is 5.32 Å². The maximum atomic E-state index is 12.3. The van der Waals surface area contributed by atoms with E-state index in [1.165, 1.54) is 0 Å². The van der Waals surface area contributed by atoms with Gasteiger partial charge in [0.1, 0.15) is 0 Å². The normalized spacial score (nSPS) is 11.4. The Bertz CT molecular complexity index is 420. The Kier molecular flexibility index (Phi) is 5.86. The van der Waals surface area contributed by atoms with Gasteiger partial charge in [-0.15, -0.1) is 0 Å². The summed E-state index contributed by atoms with van der Waals surface area (Å²) in [6.07, 6.45) is 1.81. The lowest BCUT2D eigenvalue weighted by Gasteiger charge is -2.31. The second-order valence-electron chi connectivity index (χ2n) is 4.56. The Hall–Kier alpha value is -0.350. The molecule has 1 aromatic carbocycles. The molecule has 1 aromatic rings. The van der Waals surface area contributed by atoms with Gasteiger partial charge in [-0.3, -0.25) is 4.79 Å². The molecule has 2 nitrogen and oxygen atoms in total. The van der Waals surface area contributed by atoms with E-state index in [2.05, 4.69) is 51.0 Å². The minimum atomic E-state index is -0.165. The van der Waals surface area contributed by atoms with Gasteiger partial charge in [0.25, 0.3) is 5.91 Å². The summed E-state index contributed by atoms with van der Waals surface area (Å²) in [5, 5.41) is 3.91. The Labute approximate surface area is 126 Å². The summed E-state index contributed by atoms with van der Waals surface area (Å²) >= 11 is 6.95. The van der Waals surface area contributed by atoms with Crippen molar-refractivity contribution in [3.8, 4) is 0 Å². The van der Waals surface area contributed by atoms with Crippen LogP contribution in [0.5, 0.6) is 0 Å². The van der Waals surface area contributed by atoms with E-state index in [1.807, 2.05) is 25.1 Å². The monoisotopic (exact) mass is 375 g/mol. The summed E-state index contributed by atoms with van der Waals surface area (Å²) in [4.78, 5) is 12.3. The molecule has 18 heavy (non-hydrogen) atoms. The number of halogens is 2. The largest absolute Gasteiger partial charge is 0.346 e. The predicted molar refractivity (Wildman–Crippen MR) is 83.5 cm³/mol. The van der Waals surface area contributed by atoms with Crippen molar-refractivity contribution in [2.75, 3.05) is 5.33 Å². The molecule has 0 radical (unpaired) electrons. The second kappa shape index (κ2) is 6.71. The molecule has 0 fully saturated rings. The number of benzene rings is 1. The van der Waals surface area contributed by atoms with Crippen molar-refractivity contribution in [2.45, 2.75) is 39.2 Å². The zero-order valence-corrected chi connectivity index (χ0v) is 14.2. The molecule has 0 saturated heterocycles. The summed E-state index contributed by atoms with van der Waals surface area (Å²) in [5.74, 6) is -0.0231. The van der Waals surface area contributed by atoms with E-state index >= 15 is 0 Å². The molecule has 0 heterocycles. The highest BCUT2D eigenvalue weighted by Crippen LogP contribution is 2.22. The van der Waals surface area contributed by atoms with E-state index in [0.29, 0.717) is 5.56 Å². The second-order valence-corrected chi connectivity index (χ2v) is 5.97. The molecule has 0 saturated carbocycles. The van der Waals surface area contributed by atoms with E-state index < -0.39 is 0 Å². The van der Waals surface area contributed by atoms with Crippen LogP contribution in [-0.4, -0.2) is 16.8 Å². The van der Waals surface area contributed by atoms with E-state index in [0.717, 1.165) is 28.2 Å². The number of carbonyl (C=O) groups is 1. The van der Waals surface area contributed by atoms with Gasteiger partial charge in [0.2, 0.25) is 0 Å². The summed E-state index contributed by atoms with van der Waals surface area (Å²) in [5.41, 5.74) is 1.66. The molecule has 1 amide bonds. The van der Waals surface area contributed by atoms with Crippen molar-refractivity contribution >= 4 is 37.8 Å². The van der Waals surface area contributed by atoms with Crippen LogP contribution < -0.4 is 5.32 Å². The minimum Gasteiger partial charge on any atom is -0.346 e. The van der Waals surface area contributed by atoms with Gasteiger partial charge >= 0.3 is 0 Å². The van der Waals surface area contributed by atoms with Crippen LogP contribution in [0.15, 0.2) is 22.7 Å². The molecule has 100 valence electrons. The lowest BCUT2D eigenvalue weighted by molar-refractivity contribution is 0.0903.